The molecule has 1 heterocycles. The first kappa shape index (κ1) is 23.3. The Hall–Kier alpha value is -3.40. The highest BCUT2D eigenvalue weighted by Gasteiger charge is 2.30. The molecule has 0 saturated heterocycles. The second-order valence-corrected chi connectivity index (χ2v) is 7.36. The number of benzene rings is 2. The van der Waals surface area contributed by atoms with Crippen LogP contribution in [0.15, 0.2) is 58.1 Å². The maximum atomic E-state index is 13.0. The minimum atomic E-state index is -4.52. The zero-order valence-electron chi connectivity index (χ0n) is 17.1. The van der Waals surface area contributed by atoms with Gasteiger partial charge in [0.05, 0.1) is 17.8 Å². The first-order valence-electron chi connectivity index (χ1n) is 9.44. The van der Waals surface area contributed by atoms with Gasteiger partial charge in [0.25, 0.3) is 11.5 Å². The molecular weight excluding hydrogens is 449 g/mol. The molecule has 0 aliphatic heterocycles. The van der Waals surface area contributed by atoms with Crippen LogP contribution in [0.25, 0.3) is 5.69 Å². The second-order valence-electron chi connectivity index (χ2n) is 6.92. The molecule has 0 aliphatic rings. The largest absolute Gasteiger partial charge is 0.416 e. The van der Waals surface area contributed by atoms with Gasteiger partial charge in [0.1, 0.15) is 0 Å². The number of nitrogens with zero attached hydrogens (tertiary/aromatic N) is 4. The zero-order valence-corrected chi connectivity index (χ0v) is 17.8. The Bertz CT molecular complexity index is 1250. The number of carbonyl (C=O) groups is 1. The van der Waals surface area contributed by atoms with Crippen LogP contribution in [-0.4, -0.2) is 38.7 Å². The molecule has 0 bridgehead atoms. The van der Waals surface area contributed by atoms with Crippen molar-refractivity contribution in [2.24, 2.45) is 0 Å². The average molecular weight is 467 g/mol. The summed E-state index contributed by atoms with van der Waals surface area (Å²) in [6.07, 6.45) is -4.52. The quantitative estimate of drug-likeness (QED) is 0.578. The smallest absolute Gasteiger partial charge is 0.340 e. The average Bonchev–Trinajstić information content (AvgIpc) is 2.76. The molecule has 0 saturated carbocycles. The molecule has 0 unspecified atom stereocenters. The van der Waals surface area contributed by atoms with Gasteiger partial charge in [0.2, 0.25) is 5.69 Å². The van der Waals surface area contributed by atoms with Crippen molar-refractivity contribution in [2.75, 3.05) is 13.6 Å². The van der Waals surface area contributed by atoms with E-state index in [1.54, 1.807) is 6.92 Å². The molecule has 0 N–H and O–H groups in total. The summed E-state index contributed by atoms with van der Waals surface area (Å²) in [6.45, 7) is 1.65. The highest BCUT2D eigenvalue weighted by Crippen LogP contribution is 2.29. The molecule has 11 heteroatoms. The van der Waals surface area contributed by atoms with Crippen LogP contribution in [0.1, 0.15) is 28.5 Å². The molecule has 0 spiro atoms. The van der Waals surface area contributed by atoms with Crippen LogP contribution in [0.4, 0.5) is 13.2 Å². The Morgan fingerprint density at radius 2 is 1.66 bits per heavy atom. The van der Waals surface area contributed by atoms with Crippen molar-refractivity contribution in [1.29, 1.82) is 0 Å². The fraction of sp³-hybridized carbons (Fsp3) is 0.238. The molecule has 2 aromatic carbocycles. The standard InChI is InChI=1S/C21H18ClF3N4O3/c1-3-27(2)18(30)17-19(31)28(12-13-4-6-14(7-5-13)21(23,24)25)20(32)29(26-17)16-10-8-15(22)9-11-16/h4-11H,3,12H2,1-2H3. The summed E-state index contributed by atoms with van der Waals surface area (Å²) >= 11 is 5.89. The maximum Gasteiger partial charge on any atom is 0.416 e. The number of carbonyl (C=O) groups excluding carboxylic acids is 1. The van der Waals surface area contributed by atoms with Crippen LogP contribution in [-0.2, 0) is 12.7 Å². The van der Waals surface area contributed by atoms with Crippen molar-refractivity contribution < 1.29 is 18.0 Å². The highest BCUT2D eigenvalue weighted by atomic mass is 35.5. The third-order valence-corrected chi connectivity index (χ3v) is 5.03. The summed E-state index contributed by atoms with van der Waals surface area (Å²) < 4.78 is 40.1. The molecule has 0 radical (unpaired) electrons. The van der Waals surface area contributed by atoms with Crippen LogP contribution in [0.3, 0.4) is 0 Å². The minimum Gasteiger partial charge on any atom is -0.340 e. The number of amides is 1. The number of hydrogen-bond donors (Lipinski definition) is 0. The first-order valence-corrected chi connectivity index (χ1v) is 9.82. The number of halogens is 4. The van der Waals surface area contributed by atoms with Gasteiger partial charge in [0.15, 0.2) is 0 Å². The normalized spacial score (nSPS) is 11.4. The number of hydrogen-bond acceptors (Lipinski definition) is 4. The molecular formula is C21H18ClF3N4O3. The molecule has 1 amide bonds. The van der Waals surface area contributed by atoms with E-state index in [1.165, 1.54) is 48.3 Å². The van der Waals surface area contributed by atoms with E-state index in [1.807, 2.05) is 0 Å². The Balaban J connectivity index is 2.16. The predicted molar refractivity (Wildman–Crippen MR) is 112 cm³/mol. The van der Waals surface area contributed by atoms with Crippen LogP contribution in [0.5, 0.6) is 0 Å². The molecule has 32 heavy (non-hydrogen) atoms. The number of aromatic nitrogens is 3. The van der Waals surface area contributed by atoms with Crippen molar-refractivity contribution in [3.05, 3.63) is 91.2 Å². The monoisotopic (exact) mass is 466 g/mol. The van der Waals surface area contributed by atoms with Gasteiger partial charge in [-0.25, -0.2) is 4.79 Å². The second kappa shape index (κ2) is 8.99. The molecule has 1 aromatic heterocycles. The highest BCUT2D eigenvalue weighted by molar-refractivity contribution is 6.30. The van der Waals surface area contributed by atoms with E-state index in [0.717, 1.165) is 21.4 Å². The molecule has 3 aromatic rings. The van der Waals surface area contributed by atoms with Crippen molar-refractivity contribution >= 4 is 17.5 Å². The van der Waals surface area contributed by atoms with E-state index in [-0.39, 0.29) is 17.8 Å². The molecule has 168 valence electrons. The summed E-state index contributed by atoms with van der Waals surface area (Å²) in [7, 11) is 1.47. The van der Waals surface area contributed by atoms with Gasteiger partial charge in [-0.05, 0) is 48.9 Å². The summed E-state index contributed by atoms with van der Waals surface area (Å²) in [5, 5.41) is 4.38. The van der Waals surface area contributed by atoms with Crippen LogP contribution in [0.2, 0.25) is 5.02 Å². The summed E-state index contributed by atoms with van der Waals surface area (Å²) in [5.41, 5.74) is -2.61. The Labute approximate surface area is 185 Å². The summed E-state index contributed by atoms with van der Waals surface area (Å²) in [6, 6.07) is 10.0. The van der Waals surface area contributed by atoms with E-state index >= 15 is 0 Å². The van der Waals surface area contributed by atoms with Gasteiger partial charge in [0, 0.05) is 18.6 Å². The lowest BCUT2D eigenvalue weighted by Gasteiger charge is -2.16. The molecule has 0 aliphatic carbocycles. The van der Waals surface area contributed by atoms with E-state index in [9.17, 15) is 27.6 Å². The van der Waals surface area contributed by atoms with Crippen molar-refractivity contribution in [2.45, 2.75) is 19.6 Å². The van der Waals surface area contributed by atoms with Gasteiger partial charge in [-0.15, -0.1) is 0 Å². The molecule has 3 rings (SSSR count). The first-order chi connectivity index (χ1) is 15.0. The molecule has 0 atom stereocenters. The van der Waals surface area contributed by atoms with Gasteiger partial charge < -0.3 is 4.90 Å². The number of alkyl halides is 3. The van der Waals surface area contributed by atoms with E-state index in [0.29, 0.717) is 11.6 Å². The lowest BCUT2D eigenvalue weighted by molar-refractivity contribution is -0.137. The van der Waals surface area contributed by atoms with Crippen LogP contribution in [0, 0.1) is 0 Å². The van der Waals surface area contributed by atoms with E-state index < -0.39 is 34.6 Å². The van der Waals surface area contributed by atoms with Crippen LogP contribution < -0.4 is 11.2 Å². The van der Waals surface area contributed by atoms with Crippen molar-refractivity contribution in [1.82, 2.24) is 19.2 Å². The fourth-order valence-electron chi connectivity index (χ4n) is 2.84. The van der Waals surface area contributed by atoms with Crippen LogP contribution >= 0.6 is 11.6 Å². The third-order valence-electron chi connectivity index (χ3n) is 4.78. The van der Waals surface area contributed by atoms with E-state index in [2.05, 4.69) is 5.10 Å². The summed E-state index contributed by atoms with van der Waals surface area (Å²) in [4.78, 5) is 40.0. The van der Waals surface area contributed by atoms with Gasteiger partial charge >= 0.3 is 11.9 Å². The predicted octanol–water partition coefficient (Wildman–Crippen LogP) is 3.21. The maximum absolute atomic E-state index is 13.0. The topological polar surface area (TPSA) is 77.2 Å². The lowest BCUT2D eigenvalue weighted by Crippen LogP contribution is -2.46. The van der Waals surface area contributed by atoms with Gasteiger partial charge in [-0.1, -0.05) is 23.7 Å². The molecule has 7 nitrogen and oxygen atoms in total. The van der Waals surface area contributed by atoms with E-state index in [4.69, 9.17) is 11.6 Å². The third kappa shape index (κ3) is 4.75. The van der Waals surface area contributed by atoms with Crippen molar-refractivity contribution in [3.63, 3.8) is 0 Å². The fourth-order valence-corrected chi connectivity index (χ4v) is 2.97. The summed E-state index contributed by atoms with van der Waals surface area (Å²) in [5.74, 6) is -0.693. The van der Waals surface area contributed by atoms with Crippen molar-refractivity contribution in [3.8, 4) is 5.69 Å². The SMILES string of the molecule is CCN(C)C(=O)c1nn(-c2ccc(Cl)cc2)c(=O)n(Cc2ccc(C(F)(F)F)cc2)c1=O. The number of rotatable bonds is 5. The Morgan fingerprint density at radius 3 is 2.19 bits per heavy atom. The minimum absolute atomic E-state index is 0.258. The zero-order chi connectivity index (χ0) is 23.6. The Kier molecular flexibility index (Phi) is 6.54. The lowest BCUT2D eigenvalue weighted by atomic mass is 10.1. The van der Waals surface area contributed by atoms with Gasteiger partial charge in [-0.3, -0.25) is 14.2 Å². The Morgan fingerprint density at radius 1 is 1.06 bits per heavy atom. The molecule has 0 fully saturated rings. The van der Waals surface area contributed by atoms with Gasteiger partial charge in [-0.2, -0.15) is 23.0 Å².